The highest BCUT2D eigenvalue weighted by atomic mass is 79.9. The van der Waals surface area contributed by atoms with Crippen molar-refractivity contribution in [2.45, 2.75) is 12.0 Å². The third-order valence-electron chi connectivity index (χ3n) is 3.95. The number of benzene rings is 1. The smallest absolute Gasteiger partial charge is 0.110 e. The number of rotatable bonds is 4. The van der Waals surface area contributed by atoms with Gasteiger partial charge in [0.1, 0.15) is 5.60 Å². The SMILES string of the molecule is COC1(CNc2ccc(N)c3cc(Br)cnc23)CCOC1. The van der Waals surface area contributed by atoms with Crippen LogP contribution in [-0.4, -0.2) is 37.5 Å². The number of halogens is 1. The number of nitrogens with zero attached hydrogens (tertiary/aromatic N) is 1. The molecule has 2 aromatic rings. The molecule has 1 aliphatic rings. The number of ether oxygens (including phenoxy) is 2. The summed E-state index contributed by atoms with van der Waals surface area (Å²) >= 11 is 3.43. The van der Waals surface area contributed by atoms with Crippen LogP contribution in [0.1, 0.15) is 6.42 Å². The Morgan fingerprint density at radius 2 is 2.38 bits per heavy atom. The van der Waals surface area contributed by atoms with Crippen LogP contribution in [0.15, 0.2) is 28.9 Å². The van der Waals surface area contributed by atoms with E-state index in [1.165, 1.54) is 0 Å². The van der Waals surface area contributed by atoms with Crippen LogP contribution in [0.2, 0.25) is 0 Å². The van der Waals surface area contributed by atoms with E-state index in [1.807, 2.05) is 18.2 Å². The van der Waals surface area contributed by atoms with Gasteiger partial charge in [0.15, 0.2) is 0 Å². The van der Waals surface area contributed by atoms with Crippen molar-refractivity contribution >= 4 is 38.2 Å². The van der Waals surface area contributed by atoms with Gasteiger partial charge in [-0.05, 0) is 34.1 Å². The lowest BCUT2D eigenvalue weighted by Crippen LogP contribution is -2.39. The highest BCUT2D eigenvalue weighted by molar-refractivity contribution is 9.10. The third-order valence-corrected chi connectivity index (χ3v) is 4.38. The van der Waals surface area contributed by atoms with Crippen molar-refractivity contribution in [2.75, 3.05) is 37.9 Å². The third kappa shape index (κ3) is 2.84. The van der Waals surface area contributed by atoms with Crippen LogP contribution >= 0.6 is 15.9 Å². The van der Waals surface area contributed by atoms with E-state index in [-0.39, 0.29) is 5.60 Å². The van der Waals surface area contributed by atoms with Gasteiger partial charge in [-0.2, -0.15) is 0 Å². The molecule has 112 valence electrons. The quantitative estimate of drug-likeness (QED) is 0.829. The van der Waals surface area contributed by atoms with Crippen LogP contribution in [0, 0.1) is 0 Å². The summed E-state index contributed by atoms with van der Waals surface area (Å²) in [6.45, 7) is 2.03. The van der Waals surface area contributed by atoms with Crippen molar-refractivity contribution in [1.82, 2.24) is 4.98 Å². The van der Waals surface area contributed by atoms with Crippen LogP contribution in [-0.2, 0) is 9.47 Å². The Bertz CT molecular complexity index is 657. The van der Waals surface area contributed by atoms with E-state index < -0.39 is 0 Å². The summed E-state index contributed by atoms with van der Waals surface area (Å²) in [5, 5.41) is 4.36. The lowest BCUT2D eigenvalue weighted by molar-refractivity contribution is -0.00618. The summed E-state index contributed by atoms with van der Waals surface area (Å²) in [5.41, 5.74) is 8.31. The molecule has 3 rings (SSSR count). The van der Waals surface area contributed by atoms with Gasteiger partial charge < -0.3 is 20.5 Å². The minimum Gasteiger partial charge on any atom is -0.398 e. The molecule has 2 heterocycles. The molecule has 0 aliphatic carbocycles. The highest BCUT2D eigenvalue weighted by Crippen LogP contribution is 2.30. The summed E-state index contributed by atoms with van der Waals surface area (Å²) in [6.07, 6.45) is 2.67. The van der Waals surface area contributed by atoms with E-state index in [0.29, 0.717) is 13.2 Å². The molecule has 1 aromatic carbocycles. The molecule has 1 fully saturated rings. The topological polar surface area (TPSA) is 69.4 Å². The first-order chi connectivity index (χ1) is 10.1. The molecule has 0 amide bonds. The molecular formula is C15H18BrN3O2. The highest BCUT2D eigenvalue weighted by Gasteiger charge is 2.34. The van der Waals surface area contributed by atoms with Crippen LogP contribution in [0.4, 0.5) is 11.4 Å². The minimum atomic E-state index is -0.261. The molecule has 1 aromatic heterocycles. The summed E-state index contributed by atoms with van der Waals surface area (Å²) in [5.74, 6) is 0. The fraction of sp³-hybridized carbons (Fsp3) is 0.400. The van der Waals surface area contributed by atoms with Gasteiger partial charge in [0.2, 0.25) is 0 Å². The Balaban J connectivity index is 1.89. The largest absolute Gasteiger partial charge is 0.398 e. The number of pyridine rings is 1. The van der Waals surface area contributed by atoms with Gasteiger partial charge >= 0.3 is 0 Å². The maximum atomic E-state index is 6.03. The Morgan fingerprint density at radius 1 is 1.52 bits per heavy atom. The average Bonchev–Trinajstić information content (AvgIpc) is 2.96. The van der Waals surface area contributed by atoms with Crippen LogP contribution in [0.5, 0.6) is 0 Å². The van der Waals surface area contributed by atoms with Gasteiger partial charge in [0.25, 0.3) is 0 Å². The van der Waals surface area contributed by atoms with Gasteiger partial charge in [-0.3, -0.25) is 4.98 Å². The second-order valence-electron chi connectivity index (χ2n) is 5.30. The van der Waals surface area contributed by atoms with Crippen molar-refractivity contribution in [3.63, 3.8) is 0 Å². The summed E-state index contributed by atoms with van der Waals surface area (Å²) in [4.78, 5) is 4.47. The van der Waals surface area contributed by atoms with Crippen LogP contribution in [0.3, 0.4) is 0 Å². The number of nitrogen functional groups attached to an aromatic ring is 1. The normalized spacial score (nSPS) is 21.8. The molecular weight excluding hydrogens is 334 g/mol. The van der Waals surface area contributed by atoms with Crippen molar-refractivity contribution in [3.8, 4) is 0 Å². The number of methoxy groups -OCH3 is 1. The molecule has 3 N–H and O–H groups in total. The van der Waals surface area contributed by atoms with Gasteiger partial charge in [0.05, 0.1) is 17.8 Å². The minimum absolute atomic E-state index is 0.261. The number of hydrogen-bond donors (Lipinski definition) is 2. The van der Waals surface area contributed by atoms with Gasteiger partial charge in [0, 0.05) is 48.4 Å². The second kappa shape index (κ2) is 5.79. The number of nitrogens with one attached hydrogen (secondary N) is 1. The Labute approximate surface area is 132 Å². The number of anilines is 2. The maximum absolute atomic E-state index is 6.03. The predicted octanol–water partition coefficient (Wildman–Crippen LogP) is 2.80. The van der Waals surface area contributed by atoms with Crippen LogP contribution in [0.25, 0.3) is 10.9 Å². The first kappa shape index (κ1) is 14.6. The predicted molar refractivity (Wildman–Crippen MR) is 87.5 cm³/mol. The van der Waals surface area contributed by atoms with Gasteiger partial charge in [-0.15, -0.1) is 0 Å². The van der Waals surface area contributed by atoms with Crippen LogP contribution < -0.4 is 11.1 Å². The van der Waals surface area contributed by atoms with Gasteiger partial charge in [-0.1, -0.05) is 0 Å². The average molecular weight is 352 g/mol. The molecule has 5 nitrogen and oxygen atoms in total. The van der Waals surface area contributed by atoms with E-state index in [0.717, 1.165) is 39.8 Å². The molecule has 1 saturated heterocycles. The number of nitrogens with two attached hydrogens (primary N) is 1. The number of hydrogen-bond acceptors (Lipinski definition) is 5. The zero-order valence-electron chi connectivity index (χ0n) is 11.9. The fourth-order valence-electron chi connectivity index (χ4n) is 2.58. The van der Waals surface area contributed by atoms with Gasteiger partial charge in [-0.25, -0.2) is 0 Å². The van der Waals surface area contributed by atoms with E-state index in [9.17, 15) is 0 Å². The van der Waals surface area contributed by atoms with Crippen molar-refractivity contribution in [2.24, 2.45) is 0 Å². The first-order valence-electron chi connectivity index (χ1n) is 6.84. The Morgan fingerprint density at radius 3 is 3.10 bits per heavy atom. The van der Waals surface area contributed by atoms with E-state index >= 15 is 0 Å². The van der Waals surface area contributed by atoms with E-state index in [2.05, 4.69) is 26.2 Å². The molecule has 1 atom stereocenters. The summed E-state index contributed by atoms with van der Waals surface area (Å²) in [7, 11) is 1.73. The molecule has 1 unspecified atom stereocenters. The van der Waals surface area contributed by atoms with E-state index in [1.54, 1.807) is 13.3 Å². The summed E-state index contributed by atoms with van der Waals surface area (Å²) in [6, 6.07) is 5.83. The second-order valence-corrected chi connectivity index (χ2v) is 6.21. The first-order valence-corrected chi connectivity index (χ1v) is 7.63. The molecule has 1 aliphatic heterocycles. The molecule has 0 radical (unpaired) electrons. The number of aromatic nitrogens is 1. The molecule has 0 spiro atoms. The zero-order chi connectivity index (χ0) is 14.9. The fourth-order valence-corrected chi connectivity index (χ4v) is 2.91. The zero-order valence-corrected chi connectivity index (χ0v) is 13.4. The monoisotopic (exact) mass is 351 g/mol. The van der Waals surface area contributed by atoms with Crippen molar-refractivity contribution in [1.29, 1.82) is 0 Å². The Kier molecular flexibility index (Phi) is 4.01. The van der Waals surface area contributed by atoms with Crippen molar-refractivity contribution < 1.29 is 9.47 Å². The lowest BCUT2D eigenvalue weighted by atomic mass is 10.0. The molecule has 6 heteroatoms. The Hall–Kier alpha value is -1.37. The van der Waals surface area contributed by atoms with Crippen molar-refractivity contribution in [3.05, 3.63) is 28.9 Å². The molecule has 0 bridgehead atoms. The molecule has 0 saturated carbocycles. The lowest BCUT2D eigenvalue weighted by Gasteiger charge is -2.26. The molecule has 21 heavy (non-hydrogen) atoms. The number of fused-ring (bicyclic) bond motifs is 1. The van der Waals surface area contributed by atoms with E-state index in [4.69, 9.17) is 15.2 Å². The summed E-state index contributed by atoms with van der Waals surface area (Å²) < 4.78 is 12.0. The standard InChI is InChI=1S/C15H18BrN3O2/c1-20-15(4-5-21-9-15)8-19-13-3-2-12(17)11-6-10(16)7-18-14(11)13/h2-3,6-7,19H,4-5,8-9,17H2,1H3. The maximum Gasteiger partial charge on any atom is 0.110 e.